The lowest BCUT2D eigenvalue weighted by molar-refractivity contribution is 0.0780. The van der Waals surface area contributed by atoms with Gasteiger partial charge in [-0.3, -0.25) is 4.79 Å². The minimum absolute atomic E-state index is 0.0451. The van der Waals surface area contributed by atoms with Crippen LogP contribution in [0.2, 0.25) is 0 Å². The minimum Gasteiger partial charge on any atom is -0.337 e. The Labute approximate surface area is 124 Å². The summed E-state index contributed by atoms with van der Waals surface area (Å²) >= 11 is 0. The lowest BCUT2D eigenvalue weighted by Gasteiger charge is -2.17. The molecule has 21 heavy (non-hydrogen) atoms. The van der Waals surface area contributed by atoms with Crippen LogP contribution >= 0.6 is 0 Å². The normalized spacial score (nSPS) is 9.86. The van der Waals surface area contributed by atoms with Crippen molar-refractivity contribution in [2.45, 2.75) is 6.54 Å². The smallest absolute Gasteiger partial charge is 0.254 e. The second-order valence-electron chi connectivity index (χ2n) is 4.70. The third-order valence-corrected chi connectivity index (χ3v) is 3.11. The van der Waals surface area contributed by atoms with Crippen LogP contribution in [0.1, 0.15) is 21.7 Å². The van der Waals surface area contributed by atoms with Gasteiger partial charge in [-0.05, 0) is 24.3 Å². The maximum Gasteiger partial charge on any atom is 0.254 e. The second-order valence-corrected chi connectivity index (χ2v) is 4.70. The third kappa shape index (κ3) is 3.71. The van der Waals surface area contributed by atoms with E-state index in [-0.39, 0.29) is 5.91 Å². The Morgan fingerprint density at radius 1 is 1.38 bits per heavy atom. The number of nitrogens with two attached hydrogens (primary N) is 1. The van der Waals surface area contributed by atoms with E-state index in [1.165, 1.54) is 0 Å². The number of carbonyl (C=O) groups excluding carboxylic acids is 1. The summed E-state index contributed by atoms with van der Waals surface area (Å²) in [6.07, 6.45) is 3.58. The lowest BCUT2D eigenvalue weighted by atomic mass is 10.1. The number of rotatable bonds is 3. The number of aryl methyl sites for hydroxylation is 1. The zero-order chi connectivity index (χ0) is 15.2. The standard InChI is InChI=1S/C16H18N4O/c1-19-11-10-18-15(19)12-20(2)16(21)14-7-5-13(6-8-14)4-3-9-17/h5-8,10-11H,9,12,17H2,1-2H3. The van der Waals surface area contributed by atoms with E-state index < -0.39 is 0 Å². The second kappa shape index (κ2) is 6.73. The molecule has 2 aromatic rings. The summed E-state index contributed by atoms with van der Waals surface area (Å²) in [6, 6.07) is 7.20. The van der Waals surface area contributed by atoms with Crippen LogP contribution in [0.25, 0.3) is 0 Å². The van der Waals surface area contributed by atoms with Crippen molar-refractivity contribution >= 4 is 5.91 Å². The lowest BCUT2D eigenvalue weighted by Crippen LogP contribution is -2.27. The van der Waals surface area contributed by atoms with Crippen LogP contribution in [-0.4, -0.2) is 34.0 Å². The summed E-state index contributed by atoms with van der Waals surface area (Å²) < 4.78 is 1.90. The van der Waals surface area contributed by atoms with E-state index in [4.69, 9.17) is 5.73 Å². The fourth-order valence-electron chi connectivity index (χ4n) is 1.90. The molecule has 1 aromatic heterocycles. The van der Waals surface area contributed by atoms with Crippen LogP contribution in [0.5, 0.6) is 0 Å². The fraction of sp³-hybridized carbons (Fsp3) is 0.250. The van der Waals surface area contributed by atoms with Crippen molar-refractivity contribution in [3.63, 3.8) is 0 Å². The van der Waals surface area contributed by atoms with Gasteiger partial charge < -0.3 is 15.2 Å². The van der Waals surface area contributed by atoms with Gasteiger partial charge in [-0.2, -0.15) is 0 Å². The molecule has 0 spiro atoms. The molecule has 0 unspecified atom stereocenters. The fourth-order valence-corrected chi connectivity index (χ4v) is 1.90. The highest BCUT2D eigenvalue weighted by atomic mass is 16.2. The van der Waals surface area contributed by atoms with Crippen LogP contribution in [0.4, 0.5) is 0 Å². The van der Waals surface area contributed by atoms with Crippen molar-refractivity contribution in [3.05, 3.63) is 53.6 Å². The molecule has 0 saturated carbocycles. The monoisotopic (exact) mass is 282 g/mol. The average molecular weight is 282 g/mol. The van der Waals surface area contributed by atoms with E-state index in [0.717, 1.165) is 11.4 Å². The van der Waals surface area contributed by atoms with Gasteiger partial charge in [-0.15, -0.1) is 0 Å². The zero-order valence-electron chi connectivity index (χ0n) is 12.2. The van der Waals surface area contributed by atoms with Crippen LogP contribution in [0, 0.1) is 11.8 Å². The third-order valence-electron chi connectivity index (χ3n) is 3.11. The molecule has 0 radical (unpaired) electrons. The molecule has 0 aliphatic rings. The summed E-state index contributed by atoms with van der Waals surface area (Å²) in [4.78, 5) is 18.2. The van der Waals surface area contributed by atoms with Crippen LogP contribution in [0.3, 0.4) is 0 Å². The highest BCUT2D eigenvalue weighted by molar-refractivity contribution is 5.94. The Hall–Kier alpha value is -2.58. The van der Waals surface area contributed by atoms with Gasteiger partial charge in [-0.1, -0.05) is 11.8 Å². The number of carbonyl (C=O) groups is 1. The Bertz CT molecular complexity index is 676. The Morgan fingerprint density at radius 3 is 2.67 bits per heavy atom. The molecule has 1 heterocycles. The van der Waals surface area contributed by atoms with Gasteiger partial charge in [0.05, 0.1) is 13.1 Å². The number of amides is 1. The largest absolute Gasteiger partial charge is 0.337 e. The molecule has 5 heteroatoms. The Kier molecular flexibility index (Phi) is 4.75. The van der Waals surface area contributed by atoms with E-state index in [1.54, 1.807) is 30.3 Å². The number of imidazole rings is 1. The summed E-state index contributed by atoms with van der Waals surface area (Å²) in [5, 5.41) is 0. The Morgan fingerprint density at radius 2 is 2.10 bits per heavy atom. The van der Waals surface area contributed by atoms with E-state index in [1.807, 2.05) is 29.9 Å². The molecule has 0 fully saturated rings. The number of benzene rings is 1. The van der Waals surface area contributed by atoms with Gasteiger partial charge in [0.1, 0.15) is 5.82 Å². The van der Waals surface area contributed by atoms with Crippen LogP contribution in [0.15, 0.2) is 36.7 Å². The molecular formula is C16H18N4O. The molecule has 2 N–H and O–H groups in total. The van der Waals surface area contributed by atoms with Gasteiger partial charge in [0, 0.05) is 37.6 Å². The SMILES string of the molecule is CN(Cc1nccn1C)C(=O)c1ccc(C#CCN)cc1. The van der Waals surface area contributed by atoms with Crippen molar-refractivity contribution in [2.24, 2.45) is 12.8 Å². The first-order chi connectivity index (χ1) is 10.1. The van der Waals surface area contributed by atoms with Crippen molar-refractivity contribution in [2.75, 3.05) is 13.6 Å². The molecule has 1 amide bonds. The zero-order valence-corrected chi connectivity index (χ0v) is 12.2. The maximum atomic E-state index is 12.3. The van der Waals surface area contributed by atoms with Crippen molar-refractivity contribution in [1.82, 2.24) is 14.5 Å². The minimum atomic E-state index is -0.0451. The molecule has 0 aliphatic carbocycles. The number of nitrogens with zero attached hydrogens (tertiary/aromatic N) is 3. The molecule has 2 rings (SSSR count). The molecule has 1 aromatic carbocycles. The number of hydrogen-bond acceptors (Lipinski definition) is 3. The molecule has 108 valence electrons. The summed E-state index contributed by atoms with van der Waals surface area (Å²) in [7, 11) is 3.67. The predicted octanol–water partition coefficient (Wildman–Crippen LogP) is 1.00. The number of hydrogen-bond donors (Lipinski definition) is 1. The molecule has 0 atom stereocenters. The topological polar surface area (TPSA) is 64.2 Å². The van der Waals surface area contributed by atoms with Gasteiger partial charge in [0.15, 0.2) is 0 Å². The molecule has 5 nitrogen and oxygen atoms in total. The number of aromatic nitrogens is 2. The van der Waals surface area contributed by atoms with E-state index in [2.05, 4.69) is 16.8 Å². The van der Waals surface area contributed by atoms with E-state index in [9.17, 15) is 4.79 Å². The summed E-state index contributed by atoms with van der Waals surface area (Å²) in [6.45, 7) is 0.796. The first kappa shape index (κ1) is 14.8. The van der Waals surface area contributed by atoms with Crippen molar-refractivity contribution in [3.8, 4) is 11.8 Å². The first-order valence-corrected chi connectivity index (χ1v) is 6.62. The molecule has 0 saturated heterocycles. The first-order valence-electron chi connectivity index (χ1n) is 6.62. The van der Waals surface area contributed by atoms with Crippen LogP contribution in [-0.2, 0) is 13.6 Å². The van der Waals surface area contributed by atoms with Crippen molar-refractivity contribution in [1.29, 1.82) is 0 Å². The summed E-state index contributed by atoms with van der Waals surface area (Å²) in [5.74, 6) is 6.51. The molecule has 0 aliphatic heterocycles. The molecule has 0 bridgehead atoms. The predicted molar refractivity (Wildman–Crippen MR) is 81.4 cm³/mol. The van der Waals surface area contributed by atoms with Crippen LogP contribution < -0.4 is 5.73 Å². The quantitative estimate of drug-likeness (QED) is 0.854. The van der Waals surface area contributed by atoms with E-state index >= 15 is 0 Å². The Balaban J connectivity index is 2.07. The molecular weight excluding hydrogens is 264 g/mol. The van der Waals surface area contributed by atoms with Gasteiger partial charge in [0.25, 0.3) is 5.91 Å². The highest BCUT2D eigenvalue weighted by Gasteiger charge is 2.13. The summed E-state index contributed by atoms with van der Waals surface area (Å²) in [5.41, 5.74) is 6.81. The van der Waals surface area contributed by atoms with Gasteiger partial charge in [0.2, 0.25) is 0 Å². The maximum absolute atomic E-state index is 12.3. The van der Waals surface area contributed by atoms with Gasteiger partial charge in [-0.25, -0.2) is 4.98 Å². The highest BCUT2D eigenvalue weighted by Crippen LogP contribution is 2.08. The van der Waals surface area contributed by atoms with Gasteiger partial charge >= 0.3 is 0 Å². The average Bonchev–Trinajstić information content (AvgIpc) is 2.90. The van der Waals surface area contributed by atoms with E-state index in [0.29, 0.717) is 18.7 Å². The van der Waals surface area contributed by atoms with Crippen molar-refractivity contribution < 1.29 is 4.79 Å².